The Labute approximate surface area is 98.4 Å². The summed E-state index contributed by atoms with van der Waals surface area (Å²) in [5, 5.41) is 9.98. The van der Waals surface area contributed by atoms with E-state index in [4.69, 9.17) is 4.74 Å². The van der Waals surface area contributed by atoms with E-state index in [9.17, 15) is 5.11 Å². The number of hydrogen-bond acceptors (Lipinski definition) is 2. The Balaban J connectivity index is 1.51. The standard InChI is InChI=1S/C14H24O2/c15-12-9-13(14(12)7-3-4-8-14)16-10-11-5-1-2-6-11/h11-13,15H,1-10H2. The maximum Gasteiger partial charge on any atom is 0.0681 e. The molecule has 0 aromatic heterocycles. The van der Waals surface area contributed by atoms with Crippen LogP contribution in [0.2, 0.25) is 0 Å². The third-order valence-corrected chi connectivity index (χ3v) is 5.28. The van der Waals surface area contributed by atoms with Crippen molar-refractivity contribution < 1.29 is 9.84 Å². The molecule has 0 amide bonds. The second-order valence-electron chi connectivity index (χ2n) is 6.16. The summed E-state index contributed by atoms with van der Waals surface area (Å²) in [6.45, 7) is 0.957. The maximum absolute atomic E-state index is 9.98. The summed E-state index contributed by atoms with van der Waals surface area (Å²) in [5.41, 5.74) is 0.179. The average molecular weight is 224 g/mol. The fourth-order valence-electron chi connectivity index (χ4n) is 4.08. The highest BCUT2D eigenvalue weighted by atomic mass is 16.5. The minimum Gasteiger partial charge on any atom is -0.392 e. The number of hydrogen-bond donors (Lipinski definition) is 1. The van der Waals surface area contributed by atoms with Gasteiger partial charge in [0.05, 0.1) is 12.2 Å². The number of rotatable bonds is 3. The molecule has 0 heterocycles. The molecule has 2 atom stereocenters. The summed E-state index contributed by atoms with van der Waals surface area (Å²) in [6.07, 6.45) is 11.7. The van der Waals surface area contributed by atoms with E-state index in [0.717, 1.165) is 18.9 Å². The van der Waals surface area contributed by atoms with Crippen molar-refractivity contribution in [3.63, 3.8) is 0 Å². The topological polar surface area (TPSA) is 29.5 Å². The average Bonchev–Trinajstić information content (AvgIpc) is 2.95. The molecule has 2 heteroatoms. The van der Waals surface area contributed by atoms with Crippen LogP contribution in [0.25, 0.3) is 0 Å². The molecule has 2 nitrogen and oxygen atoms in total. The molecule has 0 saturated heterocycles. The van der Waals surface area contributed by atoms with Gasteiger partial charge in [-0.2, -0.15) is 0 Å². The summed E-state index contributed by atoms with van der Waals surface area (Å²) in [7, 11) is 0. The molecule has 3 saturated carbocycles. The Hall–Kier alpha value is -0.0800. The highest BCUT2D eigenvalue weighted by Gasteiger charge is 2.56. The minimum absolute atomic E-state index is 0.0661. The van der Waals surface area contributed by atoms with Gasteiger partial charge in [-0.15, -0.1) is 0 Å². The van der Waals surface area contributed by atoms with Crippen LogP contribution in [0.1, 0.15) is 57.8 Å². The fourth-order valence-corrected chi connectivity index (χ4v) is 4.08. The monoisotopic (exact) mass is 224 g/mol. The molecule has 3 fully saturated rings. The second-order valence-corrected chi connectivity index (χ2v) is 6.16. The fraction of sp³-hybridized carbons (Fsp3) is 1.00. The predicted molar refractivity (Wildman–Crippen MR) is 63.2 cm³/mol. The number of aliphatic hydroxyl groups is 1. The van der Waals surface area contributed by atoms with Gasteiger partial charge in [0.1, 0.15) is 0 Å². The van der Waals surface area contributed by atoms with Gasteiger partial charge in [0.25, 0.3) is 0 Å². The van der Waals surface area contributed by atoms with Gasteiger partial charge < -0.3 is 9.84 Å². The zero-order valence-corrected chi connectivity index (χ0v) is 10.2. The van der Waals surface area contributed by atoms with Gasteiger partial charge in [-0.25, -0.2) is 0 Å². The quantitative estimate of drug-likeness (QED) is 0.798. The molecule has 1 N–H and O–H groups in total. The smallest absolute Gasteiger partial charge is 0.0681 e. The predicted octanol–water partition coefficient (Wildman–Crippen LogP) is 2.89. The molecule has 2 unspecified atom stereocenters. The van der Waals surface area contributed by atoms with E-state index >= 15 is 0 Å². The molecule has 3 aliphatic carbocycles. The summed E-state index contributed by atoms with van der Waals surface area (Å²) in [6, 6.07) is 0. The van der Waals surface area contributed by atoms with Gasteiger partial charge in [0, 0.05) is 18.4 Å². The van der Waals surface area contributed by atoms with Crippen molar-refractivity contribution in [2.45, 2.75) is 70.0 Å². The first-order valence-electron chi connectivity index (χ1n) is 7.11. The van der Waals surface area contributed by atoms with E-state index in [0.29, 0.717) is 6.10 Å². The van der Waals surface area contributed by atoms with Gasteiger partial charge in [0.2, 0.25) is 0 Å². The van der Waals surface area contributed by atoms with E-state index in [2.05, 4.69) is 0 Å². The van der Waals surface area contributed by atoms with Crippen LogP contribution in [-0.4, -0.2) is 23.9 Å². The SMILES string of the molecule is OC1CC(OCC2CCCC2)C12CCCC2. The van der Waals surface area contributed by atoms with Crippen molar-refractivity contribution in [3.8, 4) is 0 Å². The lowest BCUT2D eigenvalue weighted by Gasteiger charge is -2.51. The molecule has 0 bridgehead atoms. The normalized spacial score (nSPS) is 38.1. The molecular weight excluding hydrogens is 200 g/mol. The zero-order valence-electron chi connectivity index (χ0n) is 10.2. The Morgan fingerprint density at radius 3 is 2.38 bits per heavy atom. The molecule has 0 aromatic rings. The van der Waals surface area contributed by atoms with Crippen molar-refractivity contribution in [2.75, 3.05) is 6.61 Å². The van der Waals surface area contributed by atoms with Crippen molar-refractivity contribution in [1.29, 1.82) is 0 Å². The van der Waals surface area contributed by atoms with Crippen molar-refractivity contribution >= 4 is 0 Å². The molecule has 3 rings (SSSR count). The highest BCUT2D eigenvalue weighted by molar-refractivity contribution is 5.06. The van der Waals surface area contributed by atoms with Crippen molar-refractivity contribution in [3.05, 3.63) is 0 Å². The van der Waals surface area contributed by atoms with Crippen LogP contribution in [-0.2, 0) is 4.74 Å². The van der Waals surface area contributed by atoms with Crippen LogP contribution >= 0.6 is 0 Å². The van der Waals surface area contributed by atoms with Crippen LogP contribution < -0.4 is 0 Å². The Morgan fingerprint density at radius 2 is 1.75 bits per heavy atom. The van der Waals surface area contributed by atoms with Crippen LogP contribution in [0.15, 0.2) is 0 Å². The van der Waals surface area contributed by atoms with E-state index < -0.39 is 0 Å². The van der Waals surface area contributed by atoms with Crippen LogP contribution in [0.3, 0.4) is 0 Å². The Morgan fingerprint density at radius 1 is 1.06 bits per heavy atom. The maximum atomic E-state index is 9.98. The minimum atomic E-state index is -0.0661. The van der Waals surface area contributed by atoms with Crippen LogP contribution in [0.4, 0.5) is 0 Å². The molecule has 3 aliphatic rings. The molecule has 1 spiro atoms. The Kier molecular flexibility index (Phi) is 2.97. The van der Waals surface area contributed by atoms with Gasteiger partial charge >= 0.3 is 0 Å². The van der Waals surface area contributed by atoms with E-state index in [-0.39, 0.29) is 11.5 Å². The lowest BCUT2D eigenvalue weighted by molar-refractivity contribution is -0.193. The first-order valence-corrected chi connectivity index (χ1v) is 7.11. The highest BCUT2D eigenvalue weighted by Crippen LogP contribution is 2.54. The second kappa shape index (κ2) is 4.30. The van der Waals surface area contributed by atoms with Gasteiger partial charge in [0.15, 0.2) is 0 Å². The van der Waals surface area contributed by atoms with Crippen molar-refractivity contribution in [1.82, 2.24) is 0 Å². The van der Waals surface area contributed by atoms with Gasteiger partial charge in [-0.3, -0.25) is 0 Å². The first kappa shape index (κ1) is 11.0. The molecule has 16 heavy (non-hydrogen) atoms. The lowest BCUT2D eigenvalue weighted by atomic mass is 9.62. The third kappa shape index (κ3) is 1.70. The van der Waals surface area contributed by atoms with Crippen LogP contribution in [0, 0.1) is 11.3 Å². The largest absolute Gasteiger partial charge is 0.392 e. The molecule has 0 aromatic carbocycles. The van der Waals surface area contributed by atoms with E-state index in [1.165, 1.54) is 51.4 Å². The zero-order chi connectivity index (χ0) is 11.0. The lowest BCUT2D eigenvalue weighted by Crippen LogP contribution is -2.56. The van der Waals surface area contributed by atoms with Crippen LogP contribution in [0.5, 0.6) is 0 Å². The molecular formula is C14H24O2. The summed E-state index contributed by atoms with van der Waals surface area (Å²) in [5.74, 6) is 0.816. The van der Waals surface area contributed by atoms with Gasteiger partial charge in [-0.1, -0.05) is 25.7 Å². The molecule has 0 radical (unpaired) electrons. The first-order chi connectivity index (χ1) is 7.81. The molecule has 92 valence electrons. The molecule has 0 aliphatic heterocycles. The summed E-state index contributed by atoms with van der Waals surface area (Å²) < 4.78 is 6.11. The number of aliphatic hydroxyl groups excluding tert-OH is 1. The van der Waals surface area contributed by atoms with E-state index in [1.54, 1.807) is 0 Å². The van der Waals surface area contributed by atoms with E-state index in [1.807, 2.05) is 0 Å². The Bertz CT molecular complexity index is 239. The summed E-state index contributed by atoms with van der Waals surface area (Å²) >= 11 is 0. The third-order valence-electron chi connectivity index (χ3n) is 5.28. The summed E-state index contributed by atoms with van der Waals surface area (Å²) in [4.78, 5) is 0. The number of ether oxygens (including phenoxy) is 1. The van der Waals surface area contributed by atoms with Gasteiger partial charge in [-0.05, 0) is 31.6 Å². The van der Waals surface area contributed by atoms with Crippen molar-refractivity contribution in [2.24, 2.45) is 11.3 Å².